The third-order valence-electron chi connectivity index (χ3n) is 12.6. The molecular weight excluding hydrogens is 772 g/mol. The number of hydrogen-bond acceptors (Lipinski definition) is 8. The van der Waals surface area contributed by atoms with E-state index in [1.54, 1.807) is 21.6 Å². The molecule has 0 bridgehead atoms. The van der Waals surface area contributed by atoms with E-state index in [1.165, 1.54) is 64.2 Å². The molecule has 0 spiro atoms. The van der Waals surface area contributed by atoms with Gasteiger partial charge in [0.2, 0.25) is 11.8 Å². The van der Waals surface area contributed by atoms with Crippen LogP contribution in [0.4, 0.5) is 0 Å². The van der Waals surface area contributed by atoms with Crippen molar-refractivity contribution in [1.29, 1.82) is 0 Å². The number of fused-ring (bicyclic) bond motifs is 2. The highest BCUT2D eigenvalue weighted by atomic mass is 35.5. The third kappa shape index (κ3) is 9.78. The van der Waals surface area contributed by atoms with Crippen LogP contribution in [0.5, 0.6) is 0 Å². The van der Waals surface area contributed by atoms with Gasteiger partial charge in [-0.1, -0.05) is 146 Å². The lowest BCUT2D eigenvalue weighted by molar-refractivity contribution is -0.137. The van der Waals surface area contributed by atoms with Crippen LogP contribution in [0.1, 0.15) is 101 Å². The summed E-state index contributed by atoms with van der Waals surface area (Å²) in [5, 5.41) is 9.96. The van der Waals surface area contributed by atoms with Gasteiger partial charge in [-0.05, 0) is 36.8 Å². The molecule has 2 amide bonds. The molecular formula is C44H59ClN8O2S2. The summed E-state index contributed by atoms with van der Waals surface area (Å²) in [5.41, 5.74) is 19.7. The van der Waals surface area contributed by atoms with E-state index < -0.39 is 12.1 Å². The van der Waals surface area contributed by atoms with E-state index in [1.807, 2.05) is 46.2 Å². The average Bonchev–Trinajstić information content (AvgIpc) is 3.89. The standard InChI is InChI=1S/C44H58N8O2S2.ClH/c45-35(43(53)49-21-23-51-41(39(49)25-31-13-5-1-6-14-31)27-37(47-51)33-17-9-3-10-18-33)29-55-56-30-36(46)44(54)50-22-24-52-42(40(50)26-32-15-7-2-8-16-32)28-38(48-52)34-19-11-4-12-20-34;/h3-4,9-12,17-20,27-28,31-32,35-36,39-40H,1-2,5-8,13-16,21-26,29-30,45-46H2;1H/t35-,36-,39?,40?;/m0./s1. The van der Waals surface area contributed by atoms with Crippen LogP contribution >= 0.6 is 34.0 Å². The maximum Gasteiger partial charge on any atom is 0.241 e. The van der Waals surface area contributed by atoms with E-state index in [9.17, 15) is 9.59 Å². The van der Waals surface area contributed by atoms with Crippen molar-refractivity contribution in [2.24, 2.45) is 23.3 Å². The minimum Gasteiger partial charge on any atom is -0.331 e. The molecule has 2 aromatic heterocycles. The van der Waals surface area contributed by atoms with Crippen molar-refractivity contribution in [3.05, 3.63) is 84.2 Å². The number of hydrogen-bond donors (Lipinski definition) is 2. The fraction of sp³-hybridized carbons (Fsp3) is 0.545. The van der Waals surface area contributed by atoms with Gasteiger partial charge in [0.25, 0.3) is 0 Å². The van der Waals surface area contributed by atoms with Gasteiger partial charge in [0.15, 0.2) is 0 Å². The smallest absolute Gasteiger partial charge is 0.241 e. The Balaban J connectivity index is 0.00000496. The van der Waals surface area contributed by atoms with E-state index >= 15 is 0 Å². The summed E-state index contributed by atoms with van der Waals surface area (Å²) >= 11 is 0. The van der Waals surface area contributed by atoms with Gasteiger partial charge in [0, 0.05) is 35.7 Å². The van der Waals surface area contributed by atoms with E-state index in [4.69, 9.17) is 21.7 Å². The van der Waals surface area contributed by atoms with Gasteiger partial charge in [-0.25, -0.2) is 0 Å². The summed E-state index contributed by atoms with van der Waals surface area (Å²) in [7, 11) is 3.10. The van der Waals surface area contributed by atoms with Crippen LogP contribution in [0, 0.1) is 11.8 Å². The van der Waals surface area contributed by atoms with Crippen molar-refractivity contribution >= 4 is 45.8 Å². The van der Waals surface area contributed by atoms with Crippen LogP contribution in [0.25, 0.3) is 22.5 Å². The van der Waals surface area contributed by atoms with E-state index in [0.29, 0.717) is 49.5 Å². The summed E-state index contributed by atoms with van der Waals surface area (Å²) in [6.45, 7) is 2.53. The monoisotopic (exact) mass is 830 g/mol. The van der Waals surface area contributed by atoms with Gasteiger partial charge < -0.3 is 21.3 Å². The maximum absolute atomic E-state index is 14.1. The Kier molecular flexibility index (Phi) is 14.4. The van der Waals surface area contributed by atoms with Crippen LogP contribution < -0.4 is 11.5 Å². The van der Waals surface area contributed by atoms with Crippen molar-refractivity contribution in [2.45, 2.75) is 114 Å². The second-order valence-electron chi connectivity index (χ2n) is 16.4. The first-order valence-electron chi connectivity index (χ1n) is 21.1. The third-order valence-corrected chi connectivity index (χ3v) is 15.1. The normalized spacial score (nSPS) is 21.3. The van der Waals surface area contributed by atoms with Gasteiger partial charge in [-0.15, -0.1) is 12.4 Å². The zero-order valence-electron chi connectivity index (χ0n) is 33.0. The predicted octanol–water partition coefficient (Wildman–Crippen LogP) is 8.28. The topological polar surface area (TPSA) is 128 Å². The quantitative estimate of drug-likeness (QED) is 0.102. The second kappa shape index (κ2) is 19.6. The van der Waals surface area contributed by atoms with Crippen molar-refractivity contribution < 1.29 is 9.59 Å². The lowest BCUT2D eigenvalue weighted by Crippen LogP contribution is -2.51. The summed E-state index contributed by atoms with van der Waals surface area (Å²) in [6.07, 6.45) is 14.4. The first-order chi connectivity index (χ1) is 27.4. The fourth-order valence-corrected chi connectivity index (χ4v) is 11.8. The van der Waals surface area contributed by atoms with Crippen LogP contribution in [-0.2, 0) is 22.7 Å². The molecule has 4 atom stereocenters. The Morgan fingerprint density at radius 2 is 0.982 bits per heavy atom. The molecule has 306 valence electrons. The van der Waals surface area contributed by atoms with Crippen LogP contribution in [0.3, 0.4) is 0 Å². The fourth-order valence-electron chi connectivity index (χ4n) is 9.61. The molecule has 0 radical (unpaired) electrons. The molecule has 4 heterocycles. The van der Waals surface area contributed by atoms with E-state index in [-0.39, 0.29) is 36.3 Å². The molecule has 10 nitrogen and oxygen atoms in total. The number of nitrogens with zero attached hydrogens (tertiary/aromatic N) is 6. The van der Waals surface area contributed by atoms with Crippen molar-refractivity contribution in [3.8, 4) is 22.5 Å². The average molecular weight is 832 g/mol. The largest absolute Gasteiger partial charge is 0.331 e. The van der Waals surface area contributed by atoms with Crippen molar-refractivity contribution in [3.63, 3.8) is 0 Å². The number of carbonyl (C=O) groups excluding carboxylic acids is 2. The number of amides is 2. The number of nitrogens with two attached hydrogens (primary N) is 2. The maximum atomic E-state index is 14.1. The molecule has 0 saturated heterocycles. The zero-order valence-corrected chi connectivity index (χ0v) is 35.4. The minimum atomic E-state index is -0.641. The van der Waals surface area contributed by atoms with Gasteiger partial charge in [-0.3, -0.25) is 19.0 Å². The molecule has 57 heavy (non-hydrogen) atoms. The van der Waals surface area contributed by atoms with E-state index in [0.717, 1.165) is 46.7 Å². The number of halogens is 1. The Bertz CT molecular complexity index is 1780. The highest BCUT2D eigenvalue weighted by Crippen LogP contribution is 2.40. The van der Waals surface area contributed by atoms with Crippen LogP contribution in [0.2, 0.25) is 0 Å². The summed E-state index contributed by atoms with van der Waals surface area (Å²) in [5.74, 6) is 2.11. The molecule has 2 fully saturated rings. The Morgan fingerprint density at radius 3 is 1.37 bits per heavy atom. The molecule has 4 N–H and O–H groups in total. The molecule has 4 aliphatic rings. The first kappa shape index (κ1) is 41.9. The van der Waals surface area contributed by atoms with Gasteiger partial charge in [0.1, 0.15) is 0 Å². The minimum absolute atomic E-state index is 0. The van der Waals surface area contributed by atoms with Crippen LogP contribution in [0.15, 0.2) is 72.8 Å². The van der Waals surface area contributed by atoms with Crippen molar-refractivity contribution in [2.75, 3.05) is 24.6 Å². The summed E-state index contributed by atoms with van der Waals surface area (Å²) in [4.78, 5) is 32.3. The zero-order chi connectivity index (χ0) is 38.4. The second-order valence-corrected chi connectivity index (χ2v) is 19.0. The molecule has 13 heteroatoms. The van der Waals surface area contributed by atoms with Crippen LogP contribution in [-0.4, -0.2) is 77.9 Å². The first-order valence-corrected chi connectivity index (χ1v) is 23.5. The Morgan fingerprint density at radius 1 is 0.596 bits per heavy atom. The molecule has 2 saturated carbocycles. The van der Waals surface area contributed by atoms with Gasteiger partial charge in [0.05, 0.1) is 60.0 Å². The van der Waals surface area contributed by atoms with Gasteiger partial charge >= 0.3 is 0 Å². The highest BCUT2D eigenvalue weighted by Gasteiger charge is 2.38. The molecule has 8 rings (SSSR count). The molecule has 2 unspecified atom stereocenters. The number of benzene rings is 2. The molecule has 2 aliphatic carbocycles. The lowest BCUT2D eigenvalue weighted by Gasteiger charge is -2.40. The molecule has 2 aromatic carbocycles. The predicted molar refractivity (Wildman–Crippen MR) is 235 cm³/mol. The Hall–Kier alpha value is -3.29. The van der Waals surface area contributed by atoms with Crippen molar-refractivity contribution in [1.82, 2.24) is 29.4 Å². The molecule has 2 aliphatic heterocycles. The SMILES string of the molecule is Cl.N[C@@H](CSSC[C@H](N)C(=O)N1CCn2nc(-c3ccccc3)cc2C1CC1CCCCC1)C(=O)N1CCn2nc(-c3ccccc3)cc2C1CC1CCCCC1. The van der Waals surface area contributed by atoms with E-state index in [2.05, 4.69) is 45.8 Å². The molecule has 4 aromatic rings. The number of rotatable bonds is 13. The number of carbonyl (C=O) groups is 2. The number of aromatic nitrogens is 4. The summed E-state index contributed by atoms with van der Waals surface area (Å²) < 4.78 is 4.23. The lowest BCUT2D eigenvalue weighted by atomic mass is 9.83. The summed E-state index contributed by atoms with van der Waals surface area (Å²) in [6, 6.07) is 23.6. The van der Waals surface area contributed by atoms with Gasteiger partial charge in [-0.2, -0.15) is 10.2 Å². The Labute approximate surface area is 352 Å². The highest BCUT2D eigenvalue weighted by molar-refractivity contribution is 8.76.